The maximum Gasteiger partial charge on any atom is 0.191 e. The third-order valence-corrected chi connectivity index (χ3v) is 6.29. The number of nitrogens with zero attached hydrogens (tertiary/aromatic N) is 4. The van der Waals surface area contributed by atoms with Crippen molar-refractivity contribution in [1.82, 2.24) is 25.4 Å². The van der Waals surface area contributed by atoms with Gasteiger partial charge in [-0.3, -0.25) is 4.99 Å². The van der Waals surface area contributed by atoms with E-state index < -0.39 is 0 Å². The molecule has 0 radical (unpaired) electrons. The Morgan fingerprint density at radius 1 is 1.26 bits per heavy atom. The van der Waals surface area contributed by atoms with Gasteiger partial charge >= 0.3 is 0 Å². The summed E-state index contributed by atoms with van der Waals surface area (Å²) in [6.07, 6.45) is 7.39. The zero-order chi connectivity index (χ0) is 16.1. The van der Waals surface area contributed by atoms with Crippen molar-refractivity contribution in [3.05, 3.63) is 11.6 Å². The average Bonchev–Trinajstić information content (AvgIpc) is 3.08. The predicted molar refractivity (Wildman–Crippen MR) is 95.9 cm³/mol. The summed E-state index contributed by atoms with van der Waals surface area (Å²) in [6.45, 7) is 5.01. The van der Waals surface area contributed by atoms with Crippen LogP contribution in [0, 0.1) is 0 Å². The highest BCUT2D eigenvalue weighted by Crippen LogP contribution is 2.36. The summed E-state index contributed by atoms with van der Waals surface area (Å²) < 4.78 is 2.62. The smallest absolute Gasteiger partial charge is 0.191 e. The Bertz CT molecular complexity index is 547. The van der Waals surface area contributed by atoms with Crippen molar-refractivity contribution in [2.45, 2.75) is 63.3 Å². The Morgan fingerprint density at radius 2 is 2.17 bits per heavy atom. The normalized spacial score (nSPS) is 25.0. The predicted octanol–water partition coefficient (Wildman–Crippen LogP) is 1.96. The fourth-order valence-electron chi connectivity index (χ4n) is 3.31. The number of rotatable bonds is 4. The molecule has 0 amide bonds. The number of thioether (sulfide) groups is 1. The largest absolute Gasteiger partial charge is 0.355 e. The van der Waals surface area contributed by atoms with Gasteiger partial charge in [0, 0.05) is 31.3 Å². The molecule has 0 spiro atoms. The van der Waals surface area contributed by atoms with Crippen molar-refractivity contribution < 1.29 is 0 Å². The molecular formula is C16H28N6S. The Morgan fingerprint density at radius 3 is 2.96 bits per heavy atom. The van der Waals surface area contributed by atoms with Gasteiger partial charge in [-0.05, 0) is 38.4 Å². The Kier molecular flexibility index (Phi) is 5.46. The minimum Gasteiger partial charge on any atom is -0.355 e. The number of fused-ring (bicyclic) bond motifs is 1. The van der Waals surface area contributed by atoms with Gasteiger partial charge in [-0.2, -0.15) is 11.8 Å². The van der Waals surface area contributed by atoms with E-state index >= 15 is 0 Å². The van der Waals surface area contributed by atoms with Crippen molar-refractivity contribution in [1.29, 1.82) is 0 Å². The van der Waals surface area contributed by atoms with Gasteiger partial charge in [0.25, 0.3) is 0 Å². The number of guanidine groups is 1. The average molecular weight is 337 g/mol. The van der Waals surface area contributed by atoms with Crippen LogP contribution < -0.4 is 10.6 Å². The molecule has 3 rings (SSSR count). The molecule has 1 aromatic rings. The molecule has 1 saturated heterocycles. The molecule has 1 unspecified atom stereocenters. The van der Waals surface area contributed by atoms with Crippen LogP contribution in [-0.4, -0.2) is 44.8 Å². The second kappa shape index (κ2) is 7.55. The number of nitrogens with one attached hydrogen (secondary N) is 2. The van der Waals surface area contributed by atoms with Crippen molar-refractivity contribution in [3.63, 3.8) is 0 Å². The molecule has 1 aromatic heterocycles. The molecule has 2 N–H and O–H groups in total. The molecule has 1 fully saturated rings. The summed E-state index contributed by atoms with van der Waals surface area (Å²) in [7, 11) is 1.82. The summed E-state index contributed by atoms with van der Waals surface area (Å²) in [5.41, 5.74) is 0. The first-order valence-electron chi connectivity index (χ1n) is 8.70. The fourth-order valence-corrected chi connectivity index (χ4v) is 4.55. The van der Waals surface area contributed by atoms with Crippen molar-refractivity contribution in [3.8, 4) is 0 Å². The number of hydrogen-bond acceptors (Lipinski definition) is 4. The maximum atomic E-state index is 4.36. The second-order valence-corrected chi connectivity index (χ2v) is 8.36. The van der Waals surface area contributed by atoms with E-state index in [0.717, 1.165) is 37.1 Å². The second-order valence-electron chi connectivity index (χ2n) is 6.68. The van der Waals surface area contributed by atoms with E-state index in [9.17, 15) is 0 Å². The van der Waals surface area contributed by atoms with Gasteiger partial charge < -0.3 is 15.2 Å². The van der Waals surface area contributed by atoms with Crippen LogP contribution in [0.1, 0.15) is 50.7 Å². The summed E-state index contributed by atoms with van der Waals surface area (Å²) in [5, 5.41) is 15.6. The standard InChI is InChI=1S/C16H28N6S/c1-16(8-6-10-23-16)12-19-15(17-2)18-11-14-21-20-13-7-4-3-5-9-22(13)14/h3-12H2,1-2H3,(H2,17,18,19). The van der Waals surface area contributed by atoms with E-state index in [1.807, 2.05) is 7.05 Å². The van der Waals surface area contributed by atoms with Crippen LogP contribution in [0.25, 0.3) is 0 Å². The number of aryl methyl sites for hydroxylation is 1. The third-order valence-electron chi connectivity index (χ3n) is 4.75. The molecule has 7 heteroatoms. The van der Waals surface area contributed by atoms with E-state index in [4.69, 9.17) is 0 Å². The van der Waals surface area contributed by atoms with Crippen molar-refractivity contribution in [2.75, 3.05) is 19.3 Å². The molecule has 128 valence electrons. The Labute approximate surface area is 142 Å². The van der Waals surface area contributed by atoms with Gasteiger partial charge in [0.2, 0.25) is 0 Å². The zero-order valence-corrected chi connectivity index (χ0v) is 15.1. The molecule has 0 aromatic carbocycles. The molecule has 1 atom stereocenters. The van der Waals surface area contributed by atoms with Gasteiger partial charge in [-0.15, -0.1) is 10.2 Å². The maximum absolute atomic E-state index is 4.36. The molecule has 23 heavy (non-hydrogen) atoms. The lowest BCUT2D eigenvalue weighted by Gasteiger charge is -2.24. The van der Waals surface area contributed by atoms with Gasteiger partial charge in [0.15, 0.2) is 11.8 Å². The lowest BCUT2D eigenvalue weighted by molar-refractivity contribution is 0.577. The highest BCUT2D eigenvalue weighted by atomic mass is 32.2. The topological polar surface area (TPSA) is 67.1 Å². The van der Waals surface area contributed by atoms with E-state index in [1.165, 1.54) is 37.9 Å². The number of aromatic nitrogens is 3. The number of aliphatic imine (C=N–C) groups is 1. The van der Waals surface area contributed by atoms with Crippen LogP contribution in [0.15, 0.2) is 4.99 Å². The molecule has 2 aliphatic rings. The van der Waals surface area contributed by atoms with E-state index in [1.54, 1.807) is 0 Å². The van der Waals surface area contributed by atoms with E-state index in [2.05, 4.69) is 49.1 Å². The van der Waals surface area contributed by atoms with E-state index in [0.29, 0.717) is 11.3 Å². The monoisotopic (exact) mass is 336 g/mol. The molecule has 3 heterocycles. The molecule has 0 saturated carbocycles. The van der Waals surface area contributed by atoms with Gasteiger partial charge in [0.1, 0.15) is 5.82 Å². The van der Waals surface area contributed by atoms with Crippen LogP contribution in [0.4, 0.5) is 0 Å². The van der Waals surface area contributed by atoms with Crippen LogP contribution in [0.2, 0.25) is 0 Å². The van der Waals surface area contributed by atoms with Gasteiger partial charge in [-0.25, -0.2) is 0 Å². The lowest BCUT2D eigenvalue weighted by Crippen LogP contribution is -2.43. The molecular weight excluding hydrogens is 308 g/mol. The summed E-state index contributed by atoms with van der Waals surface area (Å²) in [6, 6.07) is 0. The minimum atomic E-state index is 0.337. The van der Waals surface area contributed by atoms with E-state index in [-0.39, 0.29) is 0 Å². The van der Waals surface area contributed by atoms with Crippen molar-refractivity contribution in [2.24, 2.45) is 4.99 Å². The molecule has 2 aliphatic heterocycles. The van der Waals surface area contributed by atoms with Crippen LogP contribution in [0.5, 0.6) is 0 Å². The first-order valence-corrected chi connectivity index (χ1v) is 9.68. The first kappa shape index (κ1) is 16.6. The third kappa shape index (κ3) is 4.19. The van der Waals surface area contributed by atoms with Crippen LogP contribution in [0.3, 0.4) is 0 Å². The minimum absolute atomic E-state index is 0.337. The molecule has 0 bridgehead atoms. The summed E-state index contributed by atoms with van der Waals surface area (Å²) in [5.74, 6) is 4.28. The Hall–Kier alpha value is -1.24. The van der Waals surface area contributed by atoms with Crippen LogP contribution >= 0.6 is 11.8 Å². The van der Waals surface area contributed by atoms with Crippen molar-refractivity contribution >= 4 is 17.7 Å². The zero-order valence-electron chi connectivity index (χ0n) is 14.3. The molecule has 6 nitrogen and oxygen atoms in total. The highest BCUT2D eigenvalue weighted by molar-refractivity contribution is 8.00. The van der Waals surface area contributed by atoms with Gasteiger partial charge in [-0.1, -0.05) is 6.42 Å². The molecule has 0 aliphatic carbocycles. The SMILES string of the molecule is CN=C(NCc1nnc2n1CCCCC2)NCC1(C)CCCS1. The quantitative estimate of drug-likeness (QED) is 0.650. The number of hydrogen-bond donors (Lipinski definition) is 2. The highest BCUT2D eigenvalue weighted by Gasteiger charge is 2.29. The first-order chi connectivity index (χ1) is 11.2. The fraction of sp³-hybridized carbons (Fsp3) is 0.812. The summed E-state index contributed by atoms with van der Waals surface area (Å²) >= 11 is 2.06. The van der Waals surface area contributed by atoms with Crippen LogP contribution in [-0.2, 0) is 19.5 Å². The summed E-state index contributed by atoms with van der Waals surface area (Å²) in [4.78, 5) is 4.34. The Balaban J connectivity index is 1.53. The lowest BCUT2D eigenvalue weighted by atomic mass is 10.1. The van der Waals surface area contributed by atoms with Gasteiger partial charge in [0.05, 0.1) is 6.54 Å².